The lowest BCUT2D eigenvalue weighted by Gasteiger charge is -2.23. The number of carbonyl (C=O) groups is 1. The first-order valence-electron chi connectivity index (χ1n) is 15.3. The second-order valence-electron chi connectivity index (χ2n) is 10.7. The Morgan fingerprint density at radius 1 is 0.571 bits per heavy atom. The molecule has 210 valence electrons. The molecule has 4 N–H and O–H groups in total. The van der Waals surface area contributed by atoms with Gasteiger partial charge >= 0.3 is 0 Å². The van der Waals surface area contributed by atoms with Crippen molar-refractivity contribution in [1.82, 2.24) is 5.32 Å². The Bertz CT molecular complexity index is 446. The van der Waals surface area contributed by atoms with Crippen molar-refractivity contribution in [2.24, 2.45) is 0 Å². The third kappa shape index (κ3) is 22.3. The second kappa shape index (κ2) is 26.4. The Morgan fingerprint density at radius 2 is 0.914 bits per heavy atom. The molecule has 35 heavy (non-hydrogen) atoms. The first-order valence-corrected chi connectivity index (χ1v) is 15.3. The van der Waals surface area contributed by atoms with E-state index >= 15 is 0 Å². The van der Waals surface area contributed by atoms with E-state index in [-0.39, 0.29) is 6.61 Å². The van der Waals surface area contributed by atoms with Crippen LogP contribution in [0.2, 0.25) is 0 Å². The SMILES string of the molecule is CCCCCCCCCCCCCCC[C@@H](O)[C@H](CO)NC(=O)C(O)CCCCCCCCCC. The lowest BCUT2D eigenvalue weighted by atomic mass is 10.0. The third-order valence-electron chi connectivity index (χ3n) is 7.23. The van der Waals surface area contributed by atoms with Gasteiger partial charge in [-0.15, -0.1) is 0 Å². The van der Waals surface area contributed by atoms with Gasteiger partial charge in [0.25, 0.3) is 0 Å². The van der Waals surface area contributed by atoms with Gasteiger partial charge < -0.3 is 20.6 Å². The highest BCUT2D eigenvalue weighted by Crippen LogP contribution is 2.15. The average molecular weight is 500 g/mol. The van der Waals surface area contributed by atoms with Gasteiger partial charge in [-0.2, -0.15) is 0 Å². The Labute approximate surface area is 217 Å². The summed E-state index contributed by atoms with van der Waals surface area (Å²) in [5.41, 5.74) is 0. The van der Waals surface area contributed by atoms with Crippen LogP contribution in [0, 0.1) is 0 Å². The van der Waals surface area contributed by atoms with E-state index in [1.54, 1.807) is 0 Å². The molecule has 0 aromatic rings. The maximum Gasteiger partial charge on any atom is 0.249 e. The summed E-state index contributed by atoms with van der Waals surface area (Å²) in [4.78, 5) is 12.3. The van der Waals surface area contributed by atoms with Gasteiger partial charge in [0.05, 0.1) is 18.8 Å². The number of aliphatic hydroxyl groups is 3. The van der Waals surface area contributed by atoms with E-state index in [4.69, 9.17) is 0 Å². The number of aliphatic hydroxyl groups excluding tert-OH is 3. The van der Waals surface area contributed by atoms with Crippen LogP contribution in [0.5, 0.6) is 0 Å². The van der Waals surface area contributed by atoms with E-state index in [1.807, 2.05) is 0 Å². The molecule has 0 aromatic carbocycles. The molecule has 3 atom stereocenters. The molecule has 0 bridgehead atoms. The zero-order valence-electron chi connectivity index (χ0n) is 23.5. The number of amides is 1. The van der Waals surface area contributed by atoms with Gasteiger partial charge in [0, 0.05) is 0 Å². The van der Waals surface area contributed by atoms with Crippen LogP contribution in [0.3, 0.4) is 0 Å². The molecule has 0 fully saturated rings. The average Bonchev–Trinajstić information content (AvgIpc) is 2.86. The Morgan fingerprint density at radius 3 is 1.29 bits per heavy atom. The number of hydrogen-bond donors (Lipinski definition) is 4. The summed E-state index contributed by atoms with van der Waals surface area (Å²) in [6, 6.07) is -0.701. The molecule has 0 saturated carbocycles. The highest BCUT2D eigenvalue weighted by molar-refractivity contribution is 5.80. The van der Waals surface area contributed by atoms with Gasteiger partial charge in [0.15, 0.2) is 0 Å². The smallest absolute Gasteiger partial charge is 0.249 e. The van der Waals surface area contributed by atoms with Crippen LogP contribution in [0.1, 0.15) is 162 Å². The molecule has 0 aromatic heterocycles. The van der Waals surface area contributed by atoms with Crippen LogP contribution in [-0.2, 0) is 4.79 Å². The summed E-state index contributed by atoms with van der Waals surface area (Å²) in [5.74, 6) is -0.476. The molecule has 5 heteroatoms. The van der Waals surface area contributed by atoms with E-state index in [2.05, 4.69) is 19.2 Å². The van der Waals surface area contributed by atoms with Gasteiger partial charge in [0.2, 0.25) is 5.91 Å². The van der Waals surface area contributed by atoms with E-state index in [0.29, 0.717) is 12.8 Å². The quantitative estimate of drug-likeness (QED) is 0.0900. The number of hydrogen-bond acceptors (Lipinski definition) is 4. The Hall–Kier alpha value is -0.650. The highest BCUT2D eigenvalue weighted by atomic mass is 16.3. The number of unbranched alkanes of at least 4 members (excludes halogenated alkanes) is 19. The summed E-state index contributed by atoms with van der Waals surface area (Å²) in [5, 5.41) is 32.8. The van der Waals surface area contributed by atoms with Crippen LogP contribution in [0.4, 0.5) is 0 Å². The standard InChI is InChI=1S/C30H61NO4/c1-3-5-7-9-11-13-14-15-16-17-19-20-22-24-28(33)27(26-32)31-30(35)29(34)25-23-21-18-12-10-8-6-4-2/h27-29,32-34H,3-26H2,1-2H3,(H,31,35)/t27-,28+,29?/m0/s1. The summed E-state index contributed by atoms with van der Waals surface area (Å²) in [6.45, 7) is 4.16. The molecule has 0 spiro atoms. The fourth-order valence-electron chi connectivity index (χ4n) is 4.72. The fraction of sp³-hybridized carbons (Fsp3) is 0.967. The minimum absolute atomic E-state index is 0.310. The van der Waals surface area contributed by atoms with Crippen LogP contribution in [0.15, 0.2) is 0 Å². The van der Waals surface area contributed by atoms with Crippen molar-refractivity contribution in [3.63, 3.8) is 0 Å². The third-order valence-corrected chi connectivity index (χ3v) is 7.23. The normalized spacial score (nSPS) is 14.1. The molecule has 0 saturated heterocycles. The van der Waals surface area contributed by atoms with Crippen LogP contribution in [0.25, 0.3) is 0 Å². The van der Waals surface area contributed by atoms with Gasteiger partial charge in [-0.3, -0.25) is 4.79 Å². The van der Waals surface area contributed by atoms with Crippen molar-refractivity contribution < 1.29 is 20.1 Å². The van der Waals surface area contributed by atoms with E-state index in [0.717, 1.165) is 32.1 Å². The van der Waals surface area contributed by atoms with Gasteiger partial charge in [-0.1, -0.05) is 149 Å². The van der Waals surface area contributed by atoms with Crippen LogP contribution >= 0.6 is 0 Å². The number of rotatable bonds is 27. The van der Waals surface area contributed by atoms with Gasteiger partial charge in [-0.05, 0) is 12.8 Å². The maximum atomic E-state index is 12.3. The van der Waals surface area contributed by atoms with Crippen molar-refractivity contribution in [2.75, 3.05) is 6.61 Å². The monoisotopic (exact) mass is 499 g/mol. The van der Waals surface area contributed by atoms with Crippen molar-refractivity contribution in [3.05, 3.63) is 0 Å². The first kappa shape index (κ1) is 34.4. The van der Waals surface area contributed by atoms with Crippen molar-refractivity contribution in [3.8, 4) is 0 Å². The summed E-state index contributed by atoms with van der Waals surface area (Å²) in [6.07, 6.45) is 25.1. The van der Waals surface area contributed by atoms with Gasteiger partial charge in [0.1, 0.15) is 6.10 Å². The van der Waals surface area contributed by atoms with Crippen molar-refractivity contribution in [1.29, 1.82) is 0 Å². The molecule has 0 rings (SSSR count). The lowest BCUT2D eigenvalue weighted by molar-refractivity contribution is -0.131. The predicted octanol–water partition coefficient (Wildman–Crippen LogP) is 7.20. The van der Waals surface area contributed by atoms with E-state index in [9.17, 15) is 20.1 Å². The van der Waals surface area contributed by atoms with Crippen LogP contribution < -0.4 is 5.32 Å². The van der Waals surface area contributed by atoms with E-state index < -0.39 is 24.2 Å². The minimum Gasteiger partial charge on any atom is -0.394 e. The highest BCUT2D eigenvalue weighted by Gasteiger charge is 2.23. The molecular weight excluding hydrogens is 438 g/mol. The molecule has 0 aliphatic carbocycles. The zero-order chi connectivity index (χ0) is 26.0. The molecule has 0 radical (unpaired) electrons. The molecular formula is C30H61NO4. The summed E-state index contributed by atoms with van der Waals surface area (Å²) in [7, 11) is 0. The minimum atomic E-state index is -1.06. The first-order chi connectivity index (χ1) is 17.1. The molecule has 5 nitrogen and oxygen atoms in total. The maximum absolute atomic E-state index is 12.3. The van der Waals surface area contributed by atoms with Crippen molar-refractivity contribution >= 4 is 5.91 Å². The summed E-state index contributed by atoms with van der Waals surface area (Å²) < 4.78 is 0. The molecule has 1 amide bonds. The number of carbonyl (C=O) groups excluding carboxylic acids is 1. The Kier molecular flexibility index (Phi) is 25.9. The second-order valence-corrected chi connectivity index (χ2v) is 10.7. The molecule has 1 unspecified atom stereocenters. The summed E-state index contributed by atoms with van der Waals surface area (Å²) >= 11 is 0. The largest absolute Gasteiger partial charge is 0.394 e. The Balaban J connectivity index is 3.73. The molecule has 0 aliphatic rings. The topological polar surface area (TPSA) is 89.8 Å². The predicted molar refractivity (Wildman–Crippen MR) is 149 cm³/mol. The lowest BCUT2D eigenvalue weighted by Crippen LogP contribution is -2.49. The van der Waals surface area contributed by atoms with Gasteiger partial charge in [-0.25, -0.2) is 0 Å². The number of nitrogens with one attached hydrogen (secondary N) is 1. The van der Waals surface area contributed by atoms with Crippen molar-refractivity contribution in [2.45, 2.75) is 180 Å². The van der Waals surface area contributed by atoms with E-state index in [1.165, 1.54) is 103 Å². The fourth-order valence-corrected chi connectivity index (χ4v) is 4.72. The molecule has 0 aliphatic heterocycles. The molecule has 0 heterocycles. The zero-order valence-corrected chi connectivity index (χ0v) is 23.5. The van der Waals surface area contributed by atoms with Crippen LogP contribution in [-0.4, -0.2) is 46.1 Å².